The Morgan fingerprint density at radius 1 is 1.44 bits per heavy atom. The second-order valence-electron chi connectivity index (χ2n) is 6.03. The van der Waals surface area contributed by atoms with E-state index in [9.17, 15) is 4.79 Å². The van der Waals surface area contributed by atoms with Gasteiger partial charge in [-0.3, -0.25) is 4.79 Å². The highest BCUT2D eigenvalue weighted by Gasteiger charge is 2.28. The molecule has 0 radical (unpaired) electrons. The predicted octanol–water partition coefficient (Wildman–Crippen LogP) is 1.01. The van der Waals surface area contributed by atoms with E-state index in [0.29, 0.717) is 0 Å². The minimum absolute atomic E-state index is 0.00957. The normalized spacial score (nSPS) is 20.9. The number of rotatable bonds is 2. The van der Waals surface area contributed by atoms with Crippen molar-refractivity contribution in [2.75, 3.05) is 26.2 Å². The highest BCUT2D eigenvalue weighted by atomic mass is 16.5. The van der Waals surface area contributed by atoms with Crippen LogP contribution >= 0.6 is 0 Å². The summed E-state index contributed by atoms with van der Waals surface area (Å²) in [6.45, 7) is 12.7. The molecule has 0 aromatic heterocycles. The Hall–Kier alpha value is -0.610. The summed E-state index contributed by atoms with van der Waals surface area (Å²) in [4.78, 5) is 13.8. The summed E-state index contributed by atoms with van der Waals surface area (Å²) in [7, 11) is 0. The second kappa shape index (κ2) is 4.72. The summed E-state index contributed by atoms with van der Waals surface area (Å²) in [5, 5.41) is 3.38. The van der Waals surface area contributed by atoms with Crippen molar-refractivity contribution < 1.29 is 9.53 Å². The lowest BCUT2D eigenvalue weighted by molar-refractivity contribution is -0.143. The molecule has 0 unspecified atom stereocenters. The first-order valence-corrected chi connectivity index (χ1v) is 5.86. The molecule has 1 aliphatic rings. The van der Waals surface area contributed by atoms with E-state index < -0.39 is 0 Å². The predicted molar refractivity (Wildman–Crippen MR) is 64.4 cm³/mol. The maximum atomic E-state index is 11.9. The summed E-state index contributed by atoms with van der Waals surface area (Å²) in [6.07, 6.45) is 0. The van der Waals surface area contributed by atoms with E-state index in [2.05, 4.69) is 19.2 Å². The first-order chi connectivity index (χ1) is 7.20. The number of piperazine rings is 1. The summed E-state index contributed by atoms with van der Waals surface area (Å²) in [5.74, 6) is 0.0875. The van der Waals surface area contributed by atoms with E-state index >= 15 is 0 Å². The van der Waals surface area contributed by atoms with E-state index in [0.717, 1.165) is 19.6 Å². The molecule has 1 heterocycles. The molecule has 94 valence electrons. The fraction of sp³-hybridized carbons (Fsp3) is 0.917. The Balaban J connectivity index is 2.42. The van der Waals surface area contributed by atoms with Crippen LogP contribution in [0.3, 0.4) is 0 Å². The zero-order valence-corrected chi connectivity index (χ0v) is 11.1. The monoisotopic (exact) mass is 228 g/mol. The lowest BCUT2D eigenvalue weighted by atomic mass is 10.0. The van der Waals surface area contributed by atoms with Crippen molar-refractivity contribution in [1.29, 1.82) is 0 Å². The molecule has 1 saturated heterocycles. The Morgan fingerprint density at radius 3 is 2.56 bits per heavy atom. The molecule has 1 aliphatic heterocycles. The minimum atomic E-state index is -0.251. The largest absolute Gasteiger partial charge is 0.366 e. The van der Waals surface area contributed by atoms with Crippen LogP contribution in [0.15, 0.2) is 0 Å². The first-order valence-electron chi connectivity index (χ1n) is 5.86. The zero-order chi connectivity index (χ0) is 12.4. The van der Waals surface area contributed by atoms with Gasteiger partial charge in [0, 0.05) is 25.2 Å². The Morgan fingerprint density at radius 2 is 2.06 bits per heavy atom. The maximum absolute atomic E-state index is 11.9. The maximum Gasteiger partial charge on any atom is 0.248 e. The van der Waals surface area contributed by atoms with Crippen molar-refractivity contribution in [2.24, 2.45) is 0 Å². The summed E-state index contributed by atoms with van der Waals surface area (Å²) >= 11 is 0. The Labute approximate surface area is 98.3 Å². The van der Waals surface area contributed by atoms with Gasteiger partial charge in [-0.1, -0.05) is 0 Å². The molecule has 0 aromatic rings. The van der Waals surface area contributed by atoms with E-state index in [1.807, 2.05) is 25.7 Å². The average Bonchev–Trinajstić information content (AvgIpc) is 2.11. The molecule has 0 aromatic carbocycles. The van der Waals surface area contributed by atoms with Gasteiger partial charge in [0.1, 0.15) is 6.61 Å². The van der Waals surface area contributed by atoms with Gasteiger partial charge in [-0.25, -0.2) is 0 Å². The van der Waals surface area contributed by atoms with Gasteiger partial charge in [0.05, 0.1) is 5.60 Å². The summed E-state index contributed by atoms with van der Waals surface area (Å²) in [5.41, 5.74) is -0.241. The second-order valence-corrected chi connectivity index (χ2v) is 6.03. The van der Waals surface area contributed by atoms with E-state index in [1.54, 1.807) is 0 Å². The summed E-state index contributed by atoms with van der Waals surface area (Å²) < 4.78 is 5.50. The smallest absolute Gasteiger partial charge is 0.248 e. The molecule has 4 heteroatoms. The number of hydrogen-bond acceptors (Lipinski definition) is 3. The van der Waals surface area contributed by atoms with Gasteiger partial charge < -0.3 is 15.0 Å². The SMILES string of the molecule is CC1(C)CN(C(=O)COC(C)(C)C)CCN1. The van der Waals surface area contributed by atoms with Crippen molar-refractivity contribution in [1.82, 2.24) is 10.2 Å². The van der Waals surface area contributed by atoms with E-state index in [4.69, 9.17) is 4.74 Å². The van der Waals surface area contributed by atoms with E-state index in [1.165, 1.54) is 0 Å². The minimum Gasteiger partial charge on any atom is -0.366 e. The molecule has 1 N–H and O–H groups in total. The van der Waals surface area contributed by atoms with Crippen LogP contribution in [0.4, 0.5) is 0 Å². The zero-order valence-electron chi connectivity index (χ0n) is 11.1. The van der Waals surface area contributed by atoms with Gasteiger partial charge in [-0.15, -0.1) is 0 Å². The molecular weight excluding hydrogens is 204 g/mol. The molecule has 1 amide bonds. The average molecular weight is 228 g/mol. The number of nitrogens with one attached hydrogen (secondary N) is 1. The number of amides is 1. The number of nitrogens with zero attached hydrogens (tertiary/aromatic N) is 1. The van der Waals surface area contributed by atoms with Gasteiger partial charge >= 0.3 is 0 Å². The number of carbonyl (C=O) groups is 1. The van der Waals surface area contributed by atoms with Crippen LogP contribution in [0.5, 0.6) is 0 Å². The number of ether oxygens (including phenoxy) is 1. The molecule has 16 heavy (non-hydrogen) atoms. The third-order valence-electron chi connectivity index (χ3n) is 2.55. The van der Waals surface area contributed by atoms with Gasteiger partial charge in [-0.05, 0) is 34.6 Å². The first kappa shape index (κ1) is 13.5. The van der Waals surface area contributed by atoms with Gasteiger partial charge in [0.25, 0.3) is 0 Å². The Kier molecular flexibility index (Phi) is 3.97. The van der Waals surface area contributed by atoms with Crippen LogP contribution < -0.4 is 5.32 Å². The van der Waals surface area contributed by atoms with Crippen LogP contribution in [0, 0.1) is 0 Å². The molecule has 1 fully saturated rings. The van der Waals surface area contributed by atoms with Gasteiger partial charge in [0.2, 0.25) is 5.91 Å². The van der Waals surface area contributed by atoms with Crippen molar-refractivity contribution >= 4 is 5.91 Å². The molecule has 0 atom stereocenters. The fourth-order valence-electron chi connectivity index (χ4n) is 1.72. The lowest BCUT2D eigenvalue weighted by Gasteiger charge is -2.39. The van der Waals surface area contributed by atoms with E-state index in [-0.39, 0.29) is 23.7 Å². The van der Waals surface area contributed by atoms with Crippen molar-refractivity contribution in [2.45, 2.75) is 45.8 Å². The molecule has 0 saturated carbocycles. The Bertz CT molecular complexity index is 256. The molecule has 0 aliphatic carbocycles. The van der Waals surface area contributed by atoms with Crippen LogP contribution in [0.2, 0.25) is 0 Å². The van der Waals surface area contributed by atoms with Crippen molar-refractivity contribution in [3.63, 3.8) is 0 Å². The highest BCUT2D eigenvalue weighted by molar-refractivity contribution is 5.77. The molecular formula is C12H24N2O2. The molecule has 0 bridgehead atoms. The van der Waals surface area contributed by atoms with Crippen molar-refractivity contribution in [3.8, 4) is 0 Å². The van der Waals surface area contributed by atoms with Crippen LogP contribution in [-0.4, -0.2) is 48.2 Å². The third kappa shape index (κ3) is 4.49. The van der Waals surface area contributed by atoms with Crippen molar-refractivity contribution in [3.05, 3.63) is 0 Å². The standard InChI is InChI=1S/C12H24N2O2/c1-11(2,3)16-8-10(15)14-7-6-13-12(4,5)9-14/h13H,6-9H2,1-5H3. The molecule has 1 rings (SSSR count). The van der Waals surface area contributed by atoms with Crippen LogP contribution in [0.1, 0.15) is 34.6 Å². The summed E-state index contributed by atoms with van der Waals surface area (Å²) in [6, 6.07) is 0. The molecule has 4 nitrogen and oxygen atoms in total. The fourth-order valence-corrected chi connectivity index (χ4v) is 1.72. The molecule has 0 spiro atoms. The van der Waals surface area contributed by atoms with Crippen LogP contribution in [0.25, 0.3) is 0 Å². The quantitative estimate of drug-likeness (QED) is 0.767. The van der Waals surface area contributed by atoms with Crippen LogP contribution in [-0.2, 0) is 9.53 Å². The van der Waals surface area contributed by atoms with Gasteiger partial charge in [0.15, 0.2) is 0 Å². The lowest BCUT2D eigenvalue weighted by Crippen LogP contribution is -2.59. The van der Waals surface area contributed by atoms with Gasteiger partial charge in [-0.2, -0.15) is 0 Å². The topological polar surface area (TPSA) is 41.6 Å². The highest BCUT2D eigenvalue weighted by Crippen LogP contribution is 2.12. The number of carbonyl (C=O) groups excluding carboxylic acids is 1. The third-order valence-corrected chi connectivity index (χ3v) is 2.55. The number of hydrogen-bond donors (Lipinski definition) is 1.